The lowest BCUT2D eigenvalue weighted by atomic mass is 10.2. The highest BCUT2D eigenvalue weighted by Gasteiger charge is 2.16. The van der Waals surface area contributed by atoms with Gasteiger partial charge in [-0.1, -0.05) is 24.2 Å². The van der Waals surface area contributed by atoms with Crippen LogP contribution in [0.2, 0.25) is 0 Å². The Bertz CT molecular complexity index is 1080. The second-order valence-corrected chi connectivity index (χ2v) is 5.95. The number of para-hydroxylation sites is 1. The van der Waals surface area contributed by atoms with Crippen LogP contribution in [0.25, 0.3) is 10.9 Å². The number of fused-ring (bicyclic) bond motifs is 1. The molecule has 3 aromatic rings. The van der Waals surface area contributed by atoms with Crippen LogP contribution in [0.4, 0.5) is 0 Å². The zero-order chi connectivity index (χ0) is 19.4. The molecule has 0 N–H and O–H groups in total. The second-order valence-electron chi connectivity index (χ2n) is 5.95. The van der Waals surface area contributed by atoms with Gasteiger partial charge in [0.1, 0.15) is 6.54 Å². The highest BCUT2D eigenvalue weighted by atomic mass is 16.6. The Morgan fingerprint density at radius 2 is 1.96 bits per heavy atom. The molecule has 0 aliphatic carbocycles. The minimum atomic E-state index is -0.640. The van der Waals surface area contributed by atoms with Crippen LogP contribution in [0.3, 0.4) is 0 Å². The van der Waals surface area contributed by atoms with Crippen molar-refractivity contribution < 1.29 is 14.1 Å². The van der Waals surface area contributed by atoms with Crippen LogP contribution in [0.5, 0.6) is 0 Å². The normalized spacial score (nSPS) is 11.0. The number of nitrogens with zero attached hydrogens (tertiary/aromatic N) is 4. The molecule has 0 bridgehead atoms. The van der Waals surface area contributed by atoms with E-state index in [1.165, 1.54) is 4.57 Å². The summed E-state index contributed by atoms with van der Waals surface area (Å²) in [6.07, 6.45) is 1.55. The van der Waals surface area contributed by atoms with Gasteiger partial charge in [-0.3, -0.25) is 18.7 Å². The number of aryl methyl sites for hydroxylation is 1. The zero-order valence-electron chi connectivity index (χ0n) is 15.2. The molecule has 0 radical (unpaired) electrons. The van der Waals surface area contributed by atoms with Crippen molar-refractivity contribution in [1.82, 2.24) is 19.3 Å². The summed E-state index contributed by atoms with van der Waals surface area (Å²) in [6, 6.07) is 6.66. The standard InChI is InChI=1S/C18H20N4O5/c1-3-7-14-19-15(27-20-14)11-26-16(23)10-22-13-9-6-5-8-12(13)17(24)21(4-2)18(22)25/h5-6,8-9H,3-4,7,10-11H2,1-2H3. The molecule has 0 fully saturated rings. The molecule has 2 heterocycles. The minimum absolute atomic E-state index is 0.171. The van der Waals surface area contributed by atoms with Crippen LogP contribution < -0.4 is 11.2 Å². The van der Waals surface area contributed by atoms with Crippen molar-refractivity contribution in [2.45, 2.75) is 46.4 Å². The van der Waals surface area contributed by atoms with Crippen molar-refractivity contribution in [3.8, 4) is 0 Å². The first-order valence-electron chi connectivity index (χ1n) is 8.74. The molecule has 0 aliphatic heterocycles. The Labute approximate surface area is 154 Å². The number of carbonyl (C=O) groups is 1. The van der Waals surface area contributed by atoms with Gasteiger partial charge in [-0.15, -0.1) is 0 Å². The molecule has 0 spiro atoms. The highest BCUT2D eigenvalue weighted by Crippen LogP contribution is 2.08. The summed E-state index contributed by atoms with van der Waals surface area (Å²) in [5, 5.41) is 4.15. The zero-order valence-corrected chi connectivity index (χ0v) is 15.2. The van der Waals surface area contributed by atoms with Crippen molar-refractivity contribution in [3.63, 3.8) is 0 Å². The molecule has 0 atom stereocenters. The van der Waals surface area contributed by atoms with Crippen molar-refractivity contribution >= 4 is 16.9 Å². The van der Waals surface area contributed by atoms with Crippen LogP contribution in [0.1, 0.15) is 32.0 Å². The number of benzene rings is 1. The van der Waals surface area contributed by atoms with E-state index in [0.29, 0.717) is 23.1 Å². The molecule has 142 valence electrons. The van der Waals surface area contributed by atoms with Crippen molar-refractivity contribution in [2.75, 3.05) is 0 Å². The van der Waals surface area contributed by atoms with Gasteiger partial charge in [0.15, 0.2) is 12.4 Å². The van der Waals surface area contributed by atoms with Gasteiger partial charge in [0.2, 0.25) is 0 Å². The van der Waals surface area contributed by atoms with Crippen LogP contribution >= 0.6 is 0 Å². The van der Waals surface area contributed by atoms with Gasteiger partial charge in [0.25, 0.3) is 11.4 Å². The van der Waals surface area contributed by atoms with E-state index in [1.807, 2.05) is 6.92 Å². The van der Waals surface area contributed by atoms with E-state index < -0.39 is 11.7 Å². The first kappa shape index (κ1) is 18.6. The van der Waals surface area contributed by atoms with Gasteiger partial charge in [-0.05, 0) is 25.5 Å². The SMILES string of the molecule is CCCc1noc(COC(=O)Cn2c(=O)n(CC)c(=O)c3ccccc32)n1. The number of hydrogen-bond acceptors (Lipinski definition) is 7. The van der Waals surface area contributed by atoms with Crippen LogP contribution in [-0.4, -0.2) is 25.2 Å². The van der Waals surface area contributed by atoms with Gasteiger partial charge in [0, 0.05) is 13.0 Å². The first-order chi connectivity index (χ1) is 13.0. The molecule has 3 rings (SSSR count). The summed E-state index contributed by atoms with van der Waals surface area (Å²) in [5.41, 5.74) is -0.546. The molecule has 27 heavy (non-hydrogen) atoms. The third-order valence-electron chi connectivity index (χ3n) is 4.08. The molecule has 0 saturated carbocycles. The molecule has 0 unspecified atom stereocenters. The highest BCUT2D eigenvalue weighted by molar-refractivity contribution is 5.79. The fourth-order valence-corrected chi connectivity index (χ4v) is 2.79. The first-order valence-corrected chi connectivity index (χ1v) is 8.74. The molecular weight excluding hydrogens is 352 g/mol. The number of aromatic nitrogens is 4. The molecule has 0 amide bonds. The van der Waals surface area contributed by atoms with Gasteiger partial charge >= 0.3 is 11.7 Å². The number of rotatable bonds is 7. The topological polar surface area (TPSA) is 109 Å². The maximum absolute atomic E-state index is 12.6. The van der Waals surface area contributed by atoms with Crippen molar-refractivity contribution in [1.29, 1.82) is 0 Å². The lowest BCUT2D eigenvalue weighted by molar-refractivity contribution is -0.146. The van der Waals surface area contributed by atoms with Crippen molar-refractivity contribution in [3.05, 3.63) is 56.8 Å². The molecule has 1 aromatic carbocycles. The Morgan fingerprint density at radius 3 is 2.70 bits per heavy atom. The number of esters is 1. The van der Waals surface area contributed by atoms with Gasteiger partial charge < -0.3 is 9.26 Å². The van der Waals surface area contributed by atoms with E-state index in [0.717, 1.165) is 11.0 Å². The molecular formula is C18H20N4O5. The van der Waals surface area contributed by atoms with Gasteiger partial charge in [0.05, 0.1) is 10.9 Å². The molecule has 2 aromatic heterocycles. The monoisotopic (exact) mass is 372 g/mol. The van der Waals surface area contributed by atoms with Gasteiger partial charge in [-0.2, -0.15) is 4.98 Å². The lowest BCUT2D eigenvalue weighted by Gasteiger charge is -2.12. The Kier molecular flexibility index (Phi) is 5.49. The average molecular weight is 372 g/mol. The van der Waals surface area contributed by atoms with E-state index in [9.17, 15) is 14.4 Å². The van der Waals surface area contributed by atoms with Crippen LogP contribution in [0, 0.1) is 0 Å². The largest absolute Gasteiger partial charge is 0.454 e. The second kappa shape index (κ2) is 7.98. The lowest BCUT2D eigenvalue weighted by Crippen LogP contribution is -2.40. The predicted octanol–water partition coefficient (Wildman–Crippen LogP) is 1.26. The van der Waals surface area contributed by atoms with Crippen LogP contribution in [0.15, 0.2) is 38.4 Å². The molecule has 0 saturated heterocycles. The van der Waals surface area contributed by atoms with E-state index in [2.05, 4.69) is 10.1 Å². The summed E-state index contributed by atoms with van der Waals surface area (Å²) < 4.78 is 12.5. The smallest absolute Gasteiger partial charge is 0.332 e. The van der Waals surface area contributed by atoms with E-state index in [-0.39, 0.29) is 31.1 Å². The Balaban J connectivity index is 1.82. The number of carbonyl (C=O) groups excluding carboxylic acids is 1. The maximum atomic E-state index is 12.6. The summed E-state index contributed by atoms with van der Waals surface area (Å²) in [6.45, 7) is 3.41. The quantitative estimate of drug-likeness (QED) is 0.574. The molecule has 9 nitrogen and oxygen atoms in total. The predicted molar refractivity (Wildman–Crippen MR) is 96.2 cm³/mol. The maximum Gasteiger partial charge on any atom is 0.332 e. The van der Waals surface area contributed by atoms with Crippen molar-refractivity contribution in [2.24, 2.45) is 0 Å². The Hall–Kier alpha value is -3.23. The number of ether oxygens (including phenoxy) is 1. The van der Waals surface area contributed by atoms with E-state index in [1.54, 1.807) is 31.2 Å². The number of hydrogen-bond donors (Lipinski definition) is 0. The Morgan fingerprint density at radius 1 is 1.19 bits per heavy atom. The third kappa shape index (κ3) is 3.81. The van der Waals surface area contributed by atoms with E-state index >= 15 is 0 Å². The third-order valence-corrected chi connectivity index (χ3v) is 4.08. The summed E-state index contributed by atoms with van der Waals surface area (Å²) in [4.78, 5) is 41.3. The van der Waals surface area contributed by atoms with Gasteiger partial charge in [-0.25, -0.2) is 4.79 Å². The summed E-state index contributed by atoms with van der Waals surface area (Å²) >= 11 is 0. The van der Waals surface area contributed by atoms with Crippen LogP contribution in [-0.2, 0) is 35.6 Å². The van der Waals surface area contributed by atoms with E-state index in [4.69, 9.17) is 9.26 Å². The fourth-order valence-electron chi connectivity index (χ4n) is 2.79. The fraction of sp³-hybridized carbons (Fsp3) is 0.389. The minimum Gasteiger partial charge on any atom is -0.454 e. The average Bonchev–Trinajstić information content (AvgIpc) is 3.12. The summed E-state index contributed by atoms with van der Waals surface area (Å²) in [5.74, 6) is 0.113. The summed E-state index contributed by atoms with van der Waals surface area (Å²) in [7, 11) is 0. The molecule has 9 heteroatoms. The molecule has 0 aliphatic rings.